The third-order valence-corrected chi connectivity index (χ3v) is 3.09. The Hall–Kier alpha value is -1.62. The van der Waals surface area contributed by atoms with Crippen molar-refractivity contribution in [2.75, 3.05) is 18.0 Å². The second kappa shape index (κ2) is 6.35. The van der Waals surface area contributed by atoms with Crippen molar-refractivity contribution in [2.45, 2.75) is 19.3 Å². The zero-order valence-corrected chi connectivity index (χ0v) is 11.1. The van der Waals surface area contributed by atoms with Gasteiger partial charge in [0.15, 0.2) is 5.11 Å². The van der Waals surface area contributed by atoms with Crippen LogP contribution in [-0.4, -0.2) is 24.4 Å². The first-order chi connectivity index (χ1) is 8.75. The first-order valence-corrected chi connectivity index (χ1v) is 6.60. The molecular weight excluding hydrogens is 244 g/mol. The van der Waals surface area contributed by atoms with Crippen LogP contribution in [0.3, 0.4) is 0 Å². The summed E-state index contributed by atoms with van der Waals surface area (Å²) < 4.78 is 0. The van der Waals surface area contributed by atoms with Crippen molar-refractivity contribution in [3.05, 3.63) is 29.8 Å². The van der Waals surface area contributed by atoms with E-state index < -0.39 is 0 Å². The molecule has 0 saturated carbocycles. The van der Waals surface area contributed by atoms with Crippen LogP contribution in [0.2, 0.25) is 0 Å². The minimum atomic E-state index is 0.177. The van der Waals surface area contributed by atoms with Crippen LogP contribution in [0.25, 0.3) is 0 Å². The van der Waals surface area contributed by atoms with Gasteiger partial charge in [-0.3, -0.25) is 5.43 Å². The number of nitrogens with one attached hydrogen (secondary N) is 1. The number of thiocarbonyl (C=S) groups is 1. The quantitative estimate of drug-likeness (QED) is 0.496. The molecule has 1 aliphatic heterocycles. The van der Waals surface area contributed by atoms with Gasteiger partial charge in [0.2, 0.25) is 0 Å². The van der Waals surface area contributed by atoms with Crippen molar-refractivity contribution >= 4 is 29.2 Å². The van der Waals surface area contributed by atoms with E-state index >= 15 is 0 Å². The molecule has 1 saturated heterocycles. The summed E-state index contributed by atoms with van der Waals surface area (Å²) in [6.07, 6.45) is 5.65. The van der Waals surface area contributed by atoms with Gasteiger partial charge < -0.3 is 10.6 Å². The maximum Gasteiger partial charge on any atom is 0.184 e. The first kappa shape index (κ1) is 12.8. The molecule has 0 aromatic heterocycles. The second-order valence-corrected chi connectivity index (χ2v) is 4.81. The summed E-state index contributed by atoms with van der Waals surface area (Å²) in [5, 5.41) is 4.11. The van der Waals surface area contributed by atoms with Gasteiger partial charge in [0.25, 0.3) is 0 Å². The molecule has 1 aromatic carbocycles. The lowest BCUT2D eigenvalue weighted by molar-refractivity contribution is 0.578. The zero-order chi connectivity index (χ0) is 12.8. The van der Waals surface area contributed by atoms with E-state index in [0.29, 0.717) is 0 Å². The van der Waals surface area contributed by atoms with E-state index in [2.05, 4.69) is 51.9 Å². The molecular formula is C13H18N4S. The molecule has 0 amide bonds. The molecule has 3 N–H and O–H groups in total. The maximum atomic E-state index is 5.28. The topological polar surface area (TPSA) is 53.6 Å². The molecule has 0 unspecified atom stereocenters. The van der Waals surface area contributed by atoms with E-state index in [1.165, 1.54) is 24.9 Å². The lowest BCUT2D eigenvalue weighted by Crippen LogP contribution is -2.29. The monoisotopic (exact) mass is 262 g/mol. The fraction of sp³-hybridized carbons (Fsp3) is 0.385. The Bertz CT molecular complexity index is 421. The highest BCUT2D eigenvalue weighted by Crippen LogP contribution is 2.19. The Morgan fingerprint density at radius 2 is 1.89 bits per heavy atom. The average molecular weight is 262 g/mol. The van der Waals surface area contributed by atoms with Crippen LogP contribution in [0.15, 0.2) is 29.4 Å². The largest absolute Gasteiger partial charge is 0.375 e. The summed E-state index contributed by atoms with van der Waals surface area (Å²) in [7, 11) is 0. The highest BCUT2D eigenvalue weighted by atomic mass is 32.1. The molecule has 1 fully saturated rings. The van der Waals surface area contributed by atoms with Gasteiger partial charge in [-0.15, -0.1) is 0 Å². The molecule has 0 atom stereocenters. The highest BCUT2D eigenvalue weighted by Gasteiger charge is 2.09. The van der Waals surface area contributed by atoms with Gasteiger partial charge >= 0.3 is 0 Å². The zero-order valence-electron chi connectivity index (χ0n) is 10.3. The number of hydrogen-bond donors (Lipinski definition) is 2. The van der Waals surface area contributed by atoms with Crippen LogP contribution in [-0.2, 0) is 0 Å². The van der Waals surface area contributed by atoms with Gasteiger partial charge in [-0.1, -0.05) is 12.1 Å². The van der Waals surface area contributed by atoms with Crippen LogP contribution in [0, 0.1) is 0 Å². The maximum absolute atomic E-state index is 5.28. The lowest BCUT2D eigenvalue weighted by atomic mass is 10.1. The van der Waals surface area contributed by atoms with Gasteiger partial charge in [-0.05, 0) is 49.2 Å². The summed E-state index contributed by atoms with van der Waals surface area (Å²) in [5.74, 6) is 0. The number of hydrazone groups is 1. The van der Waals surface area contributed by atoms with Gasteiger partial charge in [-0.2, -0.15) is 5.10 Å². The Morgan fingerprint density at radius 1 is 1.22 bits per heavy atom. The molecule has 0 spiro atoms. The van der Waals surface area contributed by atoms with Gasteiger partial charge in [0, 0.05) is 18.8 Å². The molecule has 1 heterocycles. The van der Waals surface area contributed by atoms with Crippen molar-refractivity contribution in [2.24, 2.45) is 10.8 Å². The molecule has 1 aromatic rings. The third kappa shape index (κ3) is 3.70. The predicted molar refractivity (Wildman–Crippen MR) is 80.0 cm³/mol. The average Bonchev–Trinajstić information content (AvgIpc) is 2.40. The molecule has 5 heteroatoms. The Labute approximate surface area is 113 Å². The van der Waals surface area contributed by atoms with E-state index in [4.69, 9.17) is 5.73 Å². The second-order valence-electron chi connectivity index (χ2n) is 4.37. The standard InChI is InChI=1S/C13H18N4S/c14-13(18)16-15-10-11-4-6-12(7-5-11)17-8-2-1-3-9-17/h4-7,10H,1-3,8-9H2,(H3,14,16,18). The number of anilines is 1. The fourth-order valence-corrected chi connectivity index (χ4v) is 2.15. The SMILES string of the molecule is NC(=S)NN=Cc1ccc(N2CCCCC2)cc1. The van der Waals surface area contributed by atoms with Crippen LogP contribution in [0.1, 0.15) is 24.8 Å². The number of benzene rings is 1. The van der Waals surface area contributed by atoms with E-state index in [1.807, 2.05) is 0 Å². The van der Waals surface area contributed by atoms with Crippen LogP contribution in [0.4, 0.5) is 5.69 Å². The van der Waals surface area contributed by atoms with Crippen LogP contribution in [0.5, 0.6) is 0 Å². The summed E-state index contributed by atoms with van der Waals surface area (Å²) in [4.78, 5) is 2.43. The van der Waals surface area contributed by atoms with Crippen LogP contribution >= 0.6 is 12.2 Å². The predicted octanol–water partition coefficient (Wildman–Crippen LogP) is 1.84. The molecule has 1 aliphatic rings. The van der Waals surface area contributed by atoms with E-state index in [0.717, 1.165) is 18.7 Å². The molecule has 4 nitrogen and oxygen atoms in total. The highest BCUT2D eigenvalue weighted by molar-refractivity contribution is 7.80. The Morgan fingerprint density at radius 3 is 2.50 bits per heavy atom. The normalized spacial score (nSPS) is 15.9. The summed E-state index contributed by atoms with van der Waals surface area (Å²) in [6.45, 7) is 2.33. The summed E-state index contributed by atoms with van der Waals surface area (Å²) in [5.41, 5.74) is 10.1. The molecule has 18 heavy (non-hydrogen) atoms. The molecule has 0 aliphatic carbocycles. The van der Waals surface area contributed by atoms with Gasteiger partial charge in [-0.25, -0.2) is 0 Å². The summed E-state index contributed by atoms with van der Waals surface area (Å²) >= 11 is 4.66. The van der Waals surface area contributed by atoms with Crippen molar-refractivity contribution in [3.63, 3.8) is 0 Å². The minimum Gasteiger partial charge on any atom is -0.375 e. The number of nitrogens with two attached hydrogens (primary N) is 1. The van der Waals surface area contributed by atoms with E-state index in [-0.39, 0.29) is 5.11 Å². The van der Waals surface area contributed by atoms with Gasteiger partial charge in [0.05, 0.1) is 6.21 Å². The van der Waals surface area contributed by atoms with Crippen molar-refractivity contribution < 1.29 is 0 Å². The van der Waals surface area contributed by atoms with E-state index in [1.54, 1.807) is 6.21 Å². The summed E-state index contributed by atoms with van der Waals surface area (Å²) in [6, 6.07) is 8.37. The third-order valence-electron chi connectivity index (χ3n) is 3.00. The van der Waals surface area contributed by atoms with Gasteiger partial charge in [0.1, 0.15) is 0 Å². The first-order valence-electron chi connectivity index (χ1n) is 6.19. The van der Waals surface area contributed by atoms with Crippen molar-refractivity contribution in [1.29, 1.82) is 0 Å². The smallest absolute Gasteiger partial charge is 0.184 e. The number of piperidine rings is 1. The Balaban J connectivity index is 1.96. The van der Waals surface area contributed by atoms with Crippen LogP contribution < -0.4 is 16.1 Å². The van der Waals surface area contributed by atoms with Crippen molar-refractivity contribution in [1.82, 2.24) is 5.43 Å². The lowest BCUT2D eigenvalue weighted by Gasteiger charge is -2.28. The number of nitrogens with zero attached hydrogens (tertiary/aromatic N) is 2. The molecule has 0 bridgehead atoms. The van der Waals surface area contributed by atoms with Crippen molar-refractivity contribution in [3.8, 4) is 0 Å². The fourth-order valence-electron chi connectivity index (χ4n) is 2.09. The molecule has 2 rings (SSSR count). The number of hydrogen-bond acceptors (Lipinski definition) is 3. The van der Waals surface area contributed by atoms with E-state index in [9.17, 15) is 0 Å². The Kier molecular flexibility index (Phi) is 4.52. The number of rotatable bonds is 3. The molecule has 96 valence electrons. The minimum absolute atomic E-state index is 0.177. The molecule has 0 radical (unpaired) electrons.